The van der Waals surface area contributed by atoms with Gasteiger partial charge in [0.25, 0.3) is 5.91 Å². The van der Waals surface area contributed by atoms with Crippen LogP contribution in [0, 0.1) is 0 Å². The molecule has 0 saturated heterocycles. The minimum atomic E-state index is -0.205. The lowest BCUT2D eigenvalue weighted by Crippen LogP contribution is -2.28. The molecule has 6 heteroatoms. The van der Waals surface area contributed by atoms with Crippen LogP contribution in [0.1, 0.15) is 23.5 Å². The maximum absolute atomic E-state index is 11.7. The Labute approximate surface area is 88.2 Å². The van der Waals surface area contributed by atoms with Crippen LogP contribution >= 0.6 is 0 Å². The van der Waals surface area contributed by atoms with Gasteiger partial charge in [-0.2, -0.15) is 4.98 Å². The molecule has 0 saturated carbocycles. The summed E-state index contributed by atoms with van der Waals surface area (Å²) >= 11 is 0. The predicted molar refractivity (Wildman–Crippen MR) is 57.2 cm³/mol. The van der Waals surface area contributed by atoms with Crippen LogP contribution in [-0.2, 0) is 0 Å². The first-order valence-electron chi connectivity index (χ1n) is 4.69. The number of rotatable bonds is 5. The van der Waals surface area contributed by atoms with E-state index in [9.17, 15) is 4.79 Å². The molecule has 0 unspecified atom stereocenters. The molecule has 0 aromatic carbocycles. The molecule has 82 valence electrons. The largest absolute Gasteiger partial charge is 0.366 e. The Hall–Kier alpha value is -1.85. The minimum Gasteiger partial charge on any atom is -0.366 e. The van der Waals surface area contributed by atoms with Gasteiger partial charge in [0, 0.05) is 13.6 Å². The van der Waals surface area contributed by atoms with Crippen LogP contribution in [0.5, 0.6) is 0 Å². The topological polar surface area (TPSA) is 87.9 Å². The Kier molecular flexibility index (Phi) is 3.84. The monoisotopic (exact) mass is 209 g/mol. The second-order valence-corrected chi connectivity index (χ2v) is 3.20. The van der Waals surface area contributed by atoms with E-state index in [1.165, 1.54) is 0 Å². The molecule has 1 amide bonds. The molecule has 0 spiro atoms. The summed E-state index contributed by atoms with van der Waals surface area (Å²) in [5.41, 5.74) is 5.30. The molecule has 1 aromatic heterocycles. The van der Waals surface area contributed by atoms with Crippen LogP contribution in [0.15, 0.2) is 12.7 Å². The molecule has 1 aromatic rings. The van der Waals surface area contributed by atoms with Gasteiger partial charge in [0.15, 0.2) is 0 Å². The maximum atomic E-state index is 11.7. The molecule has 0 radical (unpaired) electrons. The van der Waals surface area contributed by atoms with Crippen molar-refractivity contribution in [3.8, 4) is 0 Å². The van der Waals surface area contributed by atoms with Gasteiger partial charge in [-0.25, -0.2) is 0 Å². The van der Waals surface area contributed by atoms with Crippen molar-refractivity contribution in [1.82, 2.24) is 20.1 Å². The lowest BCUT2D eigenvalue weighted by atomic mass is 10.3. The average Bonchev–Trinajstić information content (AvgIpc) is 2.64. The van der Waals surface area contributed by atoms with E-state index >= 15 is 0 Å². The van der Waals surface area contributed by atoms with E-state index in [1.54, 1.807) is 11.9 Å². The van der Waals surface area contributed by atoms with Crippen molar-refractivity contribution in [2.75, 3.05) is 19.3 Å². The SMILES string of the molecule is C=CCCCN(C)C(=O)c1nc(N)n[nH]1. The van der Waals surface area contributed by atoms with Crippen molar-refractivity contribution in [3.05, 3.63) is 18.5 Å². The Morgan fingerprint density at radius 1 is 1.73 bits per heavy atom. The molecular weight excluding hydrogens is 194 g/mol. The Morgan fingerprint density at radius 3 is 3.00 bits per heavy atom. The third-order valence-electron chi connectivity index (χ3n) is 1.95. The van der Waals surface area contributed by atoms with Gasteiger partial charge in [-0.05, 0) is 12.8 Å². The number of unbranched alkanes of at least 4 members (excludes halogenated alkanes) is 1. The van der Waals surface area contributed by atoms with Crippen LogP contribution in [0.4, 0.5) is 5.95 Å². The highest BCUT2D eigenvalue weighted by Crippen LogP contribution is 2.00. The van der Waals surface area contributed by atoms with E-state index in [4.69, 9.17) is 5.73 Å². The fourth-order valence-corrected chi connectivity index (χ4v) is 1.13. The van der Waals surface area contributed by atoms with Crippen LogP contribution < -0.4 is 5.73 Å². The summed E-state index contributed by atoms with van der Waals surface area (Å²) in [6.07, 6.45) is 3.59. The van der Waals surface area contributed by atoms with Gasteiger partial charge in [0.2, 0.25) is 11.8 Å². The minimum absolute atomic E-state index is 0.0813. The summed E-state index contributed by atoms with van der Waals surface area (Å²) in [7, 11) is 1.71. The lowest BCUT2D eigenvalue weighted by Gasteiger charge is -2.14. The summed E-state index contributed by atoms with van der Waals surface area (Å²) < 4.78 is 0. The summed E-state index contributed by atoms with van der Waals surface area (Å²) in [5.74, 6) is 0.0507. The van der Waals surface area contributed by atoms with E-state index in [0.717, 1.165) is 12.8 Å². The van der Waals surface area contributed by atoms with E-state index in [2.05, 4.69) is 21.8 Å². The number of nitrogens with one attached hydrogen (secondary N) is 1. The standard InChI is InChI=1S/C9H15N5O/c1-3-4-5-6-14(2)8(15)7-11-9(10)13-12-7/h3H,1,4-6H2,2H3,(H3,10,11,12,13). The highest BCUT2D eigenvalue weighted by molar-refractivity contribution is 5.90. The van der Waals surface area contributed by atoms with Gasteiger partial charge >= 0.3 is 0 Å². The molecule has 6 nitrogen and oxygen atoms in total. The molecule has 0 bridgehead atoms. The molecule has 15 heavy (non-hydrogen) atoms. The number of carbonyl (C=O) groups is 1. The van der Waals surface area contributed by atoms with Crippen molar-refractivity contribution < 1.29 is 4.79 Å². The average molecular weight is 209 g/mol. The molecule has 1 rings (SSSR count). The third-order valence-corrected chi connectivity index (χ3v) is 1.95. The van der Waals surface area contributed by atoms with E-state index in [-0.39, 0.29) is 17.7 Å². The number of aromatic amines is 1. The van der Waals surface area contributed by atoms with Crippen molar-refractivity contribution >= 4 is 11.9 Å². The van der Waals surface area contributed by atoms with E-state index in [1.807, 2.05) is 6.08 Å². The third kappa shape index (κ3) is 3.08. The number of hydrogen-bond acceptors (Lipinski definition) is 4. The highest BCUT2D eigenvalue weighted by Gasteiger charge is 2.14. The second kappa shape index (κ2) is 5.14. The van der Waals surface area contributed by atoms with Gasteiger partial charge in [0.1, 0.15) is 0 Å². The van der Waals surface area contributed by atoms with Gasteiger partial charge in [-0.1, -0.05) is 6.08 Å². The Morgan fingerprint density at radius 2 is 2.47 bits per heavy atom. The van der Waals surface area contributed by atoms with Crippen molar-refractivity contribution in [2.24, 2.45) is 0 Å². The van der Waals surface area contributed by atoms with Crippen LogP contribution in [0.25, 0.3) is 0 Å². The molecule has 3 N–H and O–H groups in total. The first-order chi connectivity index (χ1) is 7.15. The lowest BCUT2D eigenvalue weighted by molar-refractivity contribution is 0.0782. The number of nitrogens with two attached hydrogens (primary N) is 1. The van der Waals surface area contributed by atoms with Crippen LogP contribution in [0.3, 0.4) is 0 Å². The number of amides is 1. The molecular formula is C9H15N5O. The Balaban J connectivity index is 2.49. The molecule has 1 heterocycles. The predicted octanol–water partition coefficient (Wildman–Crippen LogP) is 0.425. The fourth-order valence-electron chi connectivity index (χ4n) is 1.13. The fraction of sp³-hybridized carbons (Fsp3) is 0.444. The van der Waals surface area contributed by atoms with Crippen molar-refractivity contribution in [1.29, 1.82) is 0 Å². The molecule has 0 atom stereocenters. The number of nitrogen functional groups attached to an aromatic ring is 1. The number of aromatic nitrogens is 3. The van der Waals surface area contributed by atoms with Gasteiger partial charge in [0.05, 0.1) is 0 Å². The number of allylic oxidation sites excluding steroid dienone is 1. The molecule has 0 aliphatic carbocycles. The highest BCUT2D eigenvalue weighted by atomic mass is 16.2. The maximum Gasteiger partial charge on any atom is 0.290 e. The summed E-state index contributed by atoms with van der Waals surface area (Å²) in [4.78, 5) is 17.0. The zero-order valence-electron chi connectivity index (χ0n) is 8.73. The normalized spacial score (nSPS) is 9.93. The Bertz CT molecular complexity index is 346. The van der Waals surface area contributed by atoms with Crippen molar-refractivity contribution in [3.63, 3.8) is 0 Å². The summed E-state index contributed by atoms with van der Waals surface area (Å²) in [6.45, 7) is 4.27. The molecule has 0 fully saturated rings. The summed E-state index contributed by atoms with van der Waals surface area (Å²) in [6, 6.07) is 0. The van der Waals surface area contributed by atoms with Crippen LogP contribution in [0.2, 0.25) is 0 Å². The number of H-pyrrole nitrogens is 1. The number of hydrogen-bond donors (Lipinski definition) is 2. The first kappa shape index (κ1) is 11.2. The summed E-state index contributed by atoms with van der Waals surface area (Å²) in [5, 5.41) is 6.07. The quantitative estimate of drug-likeness (QED) is 0.543. The number of anilines is 1. The zero-order chi connectivity index (χ0) is 11.3. The van der Waals surface area contributed by atoms with Crippen LogP contribution in [-0.4, -0.2) is 39.6 Å². The zero-order valence-corrected chi connectivity index (χ0v) is 8.73. The van der Waals surface area contributed by atoms with Crippen molar-refractivity contribution in [2.45, 2.75) is 12.8 Å². The number of carbonyl (C=O) groups excluding carboxylic acids is 1. The van der Waals surface area contributed by atoms with E-state index < -0.39 is 0 Å². The molecule has 0 aliphatic heterocycles. The second-order valence-electron chi connectivity index (χ2n) is 3.20. The smallest absolute Gasteiger partial charge is 0.290 e. The van der Waals surface area contributed by atoms with Gasteiger partial charge < -0.3 is 10.6 Å². The first-order valence-corrected chi connectivity index (χ1v) is 4.69. The van der Waals surface area contributed by atoms with Gasteiger partial charge in [-0.3, -0.25) is 9.89 Å². The van der Waals surface area contributed by atoms with E-state index in [0.29, 0.717) is 6.54 Å². The van der Waals surface area contributed by atoms with Gasteiger partial charge in [-0.15, -0.1) is 11.7 Å². The molecule has 0 aliphatic rings. The number of nitrogens with zero attached hydrogens (tertiary/aromatic N) is 3.